The molecule has 0 spiro atoms. The molecule has 3 heteroatoms. The molecule has 0 aliphatic carbocycles. The van der Waals surface area contributed by atoms with Gasteiger partial charge in [-0.15, -0.1) is 11.8 Å². The highest BCUT2D eigenvalue weighted by molar-refractivity contribution is 7.99. The largest absolute Gasteiger partial charge is 0.309 e. The second kappa shape index (κ2) is 8.20. The quantitative estimate of drug-likeness (QED) is 0.760. The van der Waals surface area contributed by atoms with Crippen LogP contribution in [0.5, 0.6) is 0 Å². The fourth-order valence-electron chi connectivity index (χ4n) is 2.31. The van der Waals surface area contributed by atoms with Gasteiger partial charge in [-0.2, -0.15) is 0 Å². The third kappa shape index (κ3) is 4.87. The Balaban J connectivity index is 2.12. The highest BCUT2D eigenvalue weighted by atomic mass is 32.2. The molecule has 1 N–H and O–H groups in total. The zero-order valence-electron chi connectivity index (χ0n) is 13.1. The molecule has 1 aromatic carbocycles. The van der Waals surface area contributed by atoms with Gasteiger partial charge in [0.15, 0.2) is 0 Å². The van der Waals surface area contributed by atoms with E-state index in [1.807, 2.05) is 30.1 Å². The van der Waals surface area contributed by atoms with Crippen molar-refractivity contribution < 1.29 is 0 Å². The molecule has 112 valence electrons. The summed E-state index contributed by atoms with van der Waals surface area (Å²) in [5.41, 5.74) is 4.09. The van der Waals surface area contributed by atoms with Gasteiger partial charge in [0, 0.05) is 18.0 Å². The molecule has 1 unspecified atom stereocenters. The molecule has 0 aliphatic heterocycles. The van der Waals surface area contributed by atoms with E-state index in [-0.39, 0.29) is 0 Å². The molecule has 21 heavy (non-hydrogen) atoms. The maximum Gasteiger partial charge on any atom is 0.0960 e. The first-order chi connectivity index (χ1) is 10.2. The van der Waals surface area contributed by atoms with Crippen molar-refractivity contribution in [3.63, 3.8) is 0 Å². The number of nitrogens with zero attached hydrogens (tertiary/aromatic N) is 1. The van der Waals surface area contributed by atoms with Crippen LogP contribution < -0.4 is 5.32 Å². The van der Waals surface area contributed by atoms with E-state index < -0.39 is 0 Å². The Morgan fingerprint density at radius 2 is 2.05 bits per heavy atom. The summed E-state index contributed by atoms with van der Waals surface area (Å²) in [5, 5.41) is 4.76. The van der Waals surface area contributed by atoms with Crippen molar-refractivity contribution in [3.8, 4) is 0 Å². The summed E-state index contributed by atoms with van der Waals surface area (Å²) in [7, 11) is 0. The lowest BCUT2D eigenvalue weighted by atomic mass is 10.00. The van der Waals surface area contributed by atoms with E-state index in [9.17, 15) is 0 Å². The smallest absolute Gasteiger partial charge is 0.0960 e. The molecule has 1 heterocycles. The molecule has 0 amide bonds. The van der Waals surface area contributed by atoms with Gasteiger partial charge in [-0.1, -0.05) is 36.8 Å². The zero-order chi connectivity index (χ0) is 15.1. The number of benzene rings is 1. The summed E-state index contributed by atoms with van der Waals surface area (Å²) in [6.07, 6.45) is 3.00. The predicted octanol–water partition coefficient (Wildman–Crippen LogP) is 4.53. The van der Waals surface area contributed by atoms with Crippen molar-refractivity contribution in [1.29, 1.82) is 0 Å². The van der Waals surface area contributed by atoms with Crippen molar-refractivity contribution in [2.24, 2.45) is 0 Å². The average Bonchev–Trinajstić information content (AvgIpc) is 2.51. The van der Waals surface area contributed by atoms with Gasteiger partial charge in [0.1, 0.15) is 0 Å². The van der Waals surface area contributed by atoms with E-state index in [0.717, 1.165) is 23.7 Å². The Hall–Kier alpha value is -1.32. The van der Waals surface area contributed by atoms with Crippen LogP contribution in [0.15, 0.2) is 47.6 Å². The second-order valence-electron chi connectivity index (χ2n) is 5.35. The molecule has 2 nitrogen and oxygen atoms in total. The molecular weight excluding hydrogens is 276 g/mol. The maximum atomic E-state index is 4.40. The first kappa shape index (κ1) is 16.1. The summed E-state index contributed by atoms with van der Waals surface area (Å²) < 4.78 is 0. The number of pyridine rings is 1. The Morgan fingerprint density at radius 3 is 2.76 bits per heavy atom. The number of hydrogen-bond donors (Lipinski definition) is 1. The van der Waals surface area contributed by atoms with Crippen molar-refractivity contribution in [1.82, 2.24) is 10.3 Å². The van der Waals surface area contributed by atoms with Crippen LogP contribution in [0.25, 0.3) is 0 Å². The minimum absolute atomic E-state index is 0.372. The van der Waals surface area contributed by atoms with Crippen LogP contribution in [-0.2, 0) is 0 Å². The number of aromatic nitrogens is 1. The molecule has 0 radical (unpaired) electrons. The lowest BCUT2D eigenvalue weighted by Crippen LogP contribution is -2.25. The van der Waals surface area contributed by atoms with E-state index in [1.54, 1.807) is 0 Å². The van der Waals surface area contributed by atoms with Gasteiger partial charge in [-0.25, -0.2) is 4.98 Å². The summed E-state index contributed by atoms with van der Waals surface area (Å²) in [5.74, 6) is 1.00. The van der Waals surface area contributed by atoms with E-state index in [4.69, 9.17) is 0 Å². The van der Waals surface area contributed by atoms with Gasteiger partial charge >= 0.3 is 0 Å². The first-order valence-electron chi connectivity index (χ1n) is 7.55. The Bertz CT molecular complexity index is 554. The predicted molar refractivity (Wildman–Crippen MR) is 91.9 cm³/mol. The summed E-state index contributed by atoms with van der Waals surface area (Å²) in [6.45, 7) is 7.60. The van der Waals surface area contributed by atoms with Crippen LogP contribution in [-0.4, -0.2) is 17.3 Å². The van der Waals surface area contributed by atoms with E-state index >= 15 is 0 Å². The number of nitrogens with one attached hydrogen (secondary N) is 1. The minimum Gasteiger partial charge on any atom is -0.309 e. The Kier molecular flexibility index (Phi) is 6.27. The standard InChI is InChI=1S/C18H24N2S/c1-4-10-19-17(13-21-18-7-5-6-11-20-18)16-12-14(2)8-9-15(16)3/h5-9,11-12,17,19H,4,10,13H2,1-3H3. The van der Waals surface area contributed by atoms with Crippen LogP contribution in [0.1, 0.15) is 36.1 Å². The third-order valence-electron chi connectivity index (χ3n) is 3.49. The highest BCUT2D eigenvalue weighted by Gasteiger charge is 2.14. The molecule has 0 saturated carbocycles. The average molecular weight is 300 g/mol. The lowest BCUT2D eigenvalue weighted by molar-refractivity contribution is 0.574. The number of rotatable bonds is 7. The molecule has 2 aromatic rings. The van der Waals surface area contributed by atoms with Gasteiger partial charge < -0.3 is 5.32 Å². The molecule has 1 aromatic heterocycles. The maximum absolute atomic E-state index is 4.40. The van der Waals surface area contributed by atoms with Crippen molar-refractivity contribution in [3.05, 3.63) is 59.3 Å². The van der Waals surface area contributed by atoms with Crippen LogP contribution in [0.2, 0.25) is 0 Å². The van der Waals surface area contributed by atoms with Gasteiger partial charge in [0.05, 0.1) is 5.03 Å². The topological polar surface area (TPSA) is 24.9 Å². The molecule has 0 aliphatic rings. The van der Waals surface area contributed by atoms with Crippen molar-refractivity contribution in [2.45, 2.75) is 38.3 Å². The summed E-state index contributed by atoms with van der Waals surface area (Å²) in [6, 6.07) is 13.2. The number of hydrogen-bond acceptors (Lipinski definition) is 3. The normalized spacial score (nSPS) is 12.3. The first-order valence-corrected chi connectivity index (χ1v) is 8.53. The van der Waals surface area contributed by atoms with Gasteiger partial charge in [0.25, 0.3) is 0 Å². The molecule has 1 atom stereocenters. The number of aryl methyl sites for hydroxylation is 2. The summed E-state index contributed by atoms with van der Waals surface area (Å²) >= 11 is 1.81. The lowest BCUT2D eigenvalue weighted by Gasteiger charge is -2.21. The van der Waals surface area contributed by atoms with Crippen molar-refractivity contribution >= 4 is 11.8 Å². The van der Waals surface area contributed by atoms with Crippen LogP contribution in [0, 0.1) is 13.8 Å². The van der Waals surface area contributed by atoms with E-state index in [1.165, 1.54) is 16.7 Å². The minimum atomic E-state index is 0.372. The Labute approximate surface area is 132 Å². The Morgan fingerprint density at radius 1 is 1.19 bits per heavy atom. The summed E-state index contributed by atoms with van der Waals surface area (Å²) in [4.78, 5) is 4.40. The van der Waals surface area contributed by atoms with Crippen molar-refractivity contribution in [2.75, 3.05) is 12.3 Å². The SMILES string of the molecule is CCCNC(CSc1ccccn1)c1cc(C)ccc1C. The highest BCUT2D eigenvalue weighted by Crippen LogP contribution is 2.26. The molecule has 0 fully saturated rings. The second-order valence-corrected chi connectivity index (χ2v) is 6.39. The fraction of sp³-hybridized carbons (Fsp3) is 0.389. The molecule has 0 bridgehead atoms. The van der Waals surface area contributed by atoms with Crippen LogP contribution >= 0.6 is 11.8 Å². The zero-order valence-corrected chi connectivity index (χ0v) is 13.9. The molecular formula is C18H24N2S. The van der Waals surface area contributed by atoms with Crippen LogP contribution in [0.4, 0.5) is 0 Å². The third-order valence-corrected chi connectivity index (χ3v) is 4.52. The molecule has 0 saturated heterocycles. The monoisotopic (exact) mass is 300 g/mol. The van der Waals surface area contributed by atoms with Gasteiger partial charge in [-0.05, 0) is 50.1 Å². The van der Waals surface area contributed by atoms with Crippen LogP contribution in [0.3, 0.4) is 0 Å². The van der Waals surface area contributed by atoms with Gasteiger partial charge in [0.2, 0.25) is 0 Å². The van der Waals surface area contributed by atoms with E-state index in [0.29, 0.717) is 6.04 Å². The van der Waals surface area contributed by atoms with Gasteiger partial charge in [-0.3, -0.25) is 0 Å². The fourth-order valence-corrected chi connectivity index (χ4v) is 3.26. The molecule has 2 rings (SSSR count). The number of thioether (sulfide) groups is 1. The van der Waals surface area contributed by atoms with E-state index in [2.05, 4.69) is 55.3 Å².